The number of hydrogen-bond acceptors (Lipinski definition) is 4. The summed E-state index contributed by atoms with van der Waals surface area (Å²) < 4.78 is 8.49. The van der Waals surface area contributed by atoms with Crippen LogP contribution in [0.4, 0.5) is 0 Å². The van der Waals surface area contributed by atoms with Gasteiger partial charge in [0.15, 0.2) is 0 Å². The SMILES string of the molecule is [2H]c1cc(-c2nc(C)c(C(=O)O)s2)cc(C#N)c1-c1c(C)cccc1C. The highest BCUT2D eigenvalue weighted by Crippen LogP contribution is 2.34. The fraction of sp³-hybridized carbons (Fsp3) is 0.150. The average Bonchev–Trinajstić information content (AvgIpc) is 2.97. The van der Waals surface area contributed by atoms with Crippen molar-refractivity contribution < 1.29 is 11.3 Å². The summed E-state index contributed by atoms with van der Waals surface area (Å²) in [6, 6.07) is 11.6. The molecule has 4 nitrogen and oxygen atoms in total. The van der Waals surface area contributed by atoms with E-state index in [9.17, 15) is 15.2 Å². The third-order valence-electron chi connectivity index (χ3n) is 4.03. The first-order valence-electron chi connectivity index (χ1n) is 8.16. The summed E-state index contributed by atoms with van der Waals surface area (Å²) in [6.45, 7) is 5.56. The number of carboxylic acids is 1. The zero-order chi connectivity index (χ0) is 19.0. The molecule has 0 aliphatic carbocycles. The van der Waals surface area contributed by atoms with Crippen LogP contribution in [0.25, 0.3) is 21.7 Å². The molecule has 0 aliphatic heterocycles. The van der Waals surface area contributed by atoms with Gasteiger partial charge in [-0.15, -0.1) is 11.3 Å². The van der Waals surface area contributed by atoms with Gasteiger partial charge < -0.3 is 5.11 Å². The van der Waals surface area contributed by atoms with Crippen LogP contribution in [0.1, 0.15) is 33.4 Å². The van der Waals surface area contributed by atoms with Crippen molar-refractivity contribution in [2.75, 3.05) is 0 Å². The summed E-state index contributed by atoms with van der Waals surface area (Å²) >= 11 is 1.05. The van der Waals surface area contributed by atoms with Crippen LogP contribution in [-0.2, 0) is 0 Å². The number of carbonyl (C=O) groups is 1. The van der Waals surface area contributed by atoms with Crippen LogP contribution >= 0.6 is 11.3 Å². The van der Waals surface area contributed by atoms with Crippen molar-refractivity contribution in [3.05, 3.63) is 63.6 Å². The van der Waals surface area contributed by atoms with Gasteiger partial charge in [-0.05, 0) is 43.5 Å². The molecule has 0 aliphatic rings. The quantitative estimate of drug-likeness (QED) is 0.724. The molecule has 5 heteroatoms. The molecule has 2 aromatic carbocycles. The molecule has 1 heterocycles. The Kier molecular flexibility index (Phi) is 4.04. The Labute approximate surface area is 151 Å². The minimum Gasteiger partial charge on any atom is -0.477 e. The number of carboxylic acid groups (broad SMARTS) is 1. The van der Waals surface area contributed by atoms with Crippen molar-refractivity contribution >= 4 is 17.3 Å². The molecule has 1 aromatic heterocycles. The van der Waals surface area contributed by atoms with Crippen LogP contribution in [0.5, 0.6) is 0 Å². The number of hydrogen-bond donors (Lipinski definition) is 1. The highest BCUT2D eigenvalue weighted by Gasteiger charge is 2.17. The number of aromatic carboxylic acids is 1. The Morgan fingerprint density at radius 2 is 1.96 bits per heavy atom. The first kappa shape index (κ1) is 15.6. The monoisotopic (exact) mass is 349 g/mol. The fourth-order valence-electron chi connectivity index (χ4n) is 2.84. The normalized spacial score (nSPS) is 11.0. The van der Waals surface area contributed by atoms with Crippen LogP contribution in [0, 0.1) is 32.1 Å². The molecule has 0 fully saturated rings. The standard InChI is InChI=1S/C20H16N2O2S/c1-11-5-4-6-12(2)17(11)16-8-7-14(9-15(16)10-21)19-22-13(3)18(25-19)20(23)24/h4-9H,1-3H3,(H,23,24)/i8D. The van der Waals surface area contributed by atoms with Crippen molar-refractivity contribution in [3.8, 4) is 27.8 Å². The summed E-state index contributed by atoms with van der Waals surface area (Å²) in [5.41, 5.74) is 4.89. The minimum atomic E-state index is -1.02. The Hall–Kier alpha value is -2.97. The molecule has 1 N–H and O–H groups in total. The molecular weight excluding hydrogens is 332 g/mol. The van der Waals surface area contributed by atoms with Gasteiger partial charge in [0.05, 0.1) is 18.7 Å². The number of thiazole rings is 1. The maximum Gasteiger partial charge on any atom is 0.347 e. The Morgan fingerprint density at radius 1 is 1.28 bits per heavy atom. The fourth-order valence-corrected chi connectivity index (χ4v) is 3.73. The molecule has 0 spiro atoms. The van der Waals surface area contributed by atoms with E-state index < -0.39 is 5.97 Å². The Morgan fingerprint density at radius 3 is 2.52 bits per heavy atom. The Bertz CT molecular complexity index is 1060. The van der Waals surface area contributed by atoms with Crippen LogP contribution in [0.3, 0.4) is 0 Å². The predicted molar refractivity (Wildman–Crippen MR) is 98.9 cm³/mol. The molecule has 124 valence electrons. The lowest BCUT2D eigenvalue weighted by Gasteiger charge is -2.12. The van der Waals surface area contributed by atoms with Gasteiger partial charge in [-0.1, -0.05) is 30.3 Å². The molecule has 0 unspecified atom stereocenters. The van der Waals surface area contributed by atoms with E-state index in [-0.39, 0.29) is 10.9 Å². The first-order chi connectivity index (χ1) is 12.3. The number of rotatable bonds is 3. The number of benzene rings is 2. The highest BCUT2D eigenvalue weighted by atomic mass is 32.1. The van der Waals surface area contributed by atoms with Gasteiger partial charge in [0.1, 0.15) is 9.88 Å². The Balaban J connectivity index is 2.23. The maximum absolute atomic E-state index is 11.3. The van der Waals surface area contributed by atoms with Crippen molar-refractivity contribution in [2.45, 2.75) is 20.8 Å². The van der Waals surface area contributed by atoms with Crippen molar-refractivity contribution in [1.29, 1.82) is 5.26 Å². The lowest BCUT2D eigenvalue weighted by atomic mass is 9.92. The summed E-state index contributed by atoms with van der Waals surface area (Å²) in [4.78, 5) is 15.7. The van der Waals surface area contributed by atoms with Crippen LogP contribution in [-0.4, -0.2) is 16.1 Å². The lowest BCUT2D eigenvalue weighted by Crippen LogP contribution is -1.94. The van der Waals surface area contributed by atoms with Gasteiger partial charge in [-0.3, -0.25) is 0 Å². The second-order valence-electron chi connectivity index (χ2n) is 5.79. The third kappa shape index (κ3) is 3.04. The number of nitriles is 1. The van der Waals surface area contributed by atoms with Crippen LogP contribution in [0.15, 0.2) is 36.4 Å². The molecule has 0 amide bonds. The second-order valence-corrected chi connectivity index (χ2v) is 6.79. The average molecular weight is 349 g/mol. The van der Waals surface area contributed by atoms with E-state index in [1.54, 1.807) is 19.1 Å². The van der Waals surface area contributed by atoms with Crippen LogP contribution in [0.2, 0.25) is 0 Å². The highest BCUT2D eigenvalue weighted by molar-refractivity contribution is 7.17. The van der Waals surface area contributed by atoms with E-state index in [0.717, 1.165) is 28.0 Å². The first-order valence-corrected chi connectivity index (χ1v) is 8.47. The maximum atomic E-state index is 11.3. The zero-order valence-electron chi connectivity index (χ0n) is 15.0. The number of aryl methyl sites for hydroxylation is 3. The van der Waals surface area contributed by atoms with E-state index in [4.69, 9.17) is 1.37 Å². The van der Waals surface area contributed by atoms with Crippen molar-refractivity contribution in [1.82, 2.24) is 4.98 Å². The van der Waals surface area contributed by atoms with Crippen molar-refractivity contribution in [2.24, 2.45) is 0 Å². The molecule has 0 radical (unpaired) electrons. The number of nitrogens with zero attached hydrogens (tertiary/aromatic N) is 2. The molecular formula is C20H16N2O2S. The van der Waals surface area contributed by atoms with Crippen molar-refractivity contribution in [3.63, 3.8) is 0 Å². The third-order valence-corrected chi connectivity index (χ3v) is 5.23. The van der Waals surface area contributed by atoms with Gasteiger partial charge in [-0.25, -0.2) is 9.78 Å². The van der Waals surface area contributed by atoms with Gasteiger partial charge in [-0.2, -0.15) is 5.26 Å². The topological polar surface area (TPSA) is 74.0 Å². The molecule has 0 bridgehead atoms. The number of aromatic nitrogens is 1. The van der Waals surface area contributed by atoms with E-state index >= 15 is 0 Å². The zero-order valence-corrected chi connectivity index (χ0v) is 14.9. The molecule has 25 heavy (non-hydrogen) atoms. The predicted octanol–water partition coefficient (Wildman–Crippen LogP) is 4.97. The van der Waals surface area contributed by atoms with Crippen LogP contribution < -0.4 is 0 Å². The molecule has 0 atom stereocenters. The largest absolute Gasteiger partial charge is 0.477 e. The summed E-state index contributed by atoms with van der Waals surface area (Å²) in [5, 5.41) is 19.4. The lowest BCUT2D eigenvalue weighted by molar-refractivity contribution is 0.0701. The molecule has 3 aromatic rings. The van der Waals surface area contributed by atoms with E-state index in [1.807, 2.05) is 32.0 Å². The van der Waals surface area contributed by atoms with Gasteiger partial charge >= 0.3 is 5.97 Å². The molecule has 0 saturated carbocycles. The van der Waals surface area contributed by atoms with Gasteiger partial charge in [0.2, 0.25) is 0 Å². The van der Waals surface area contributed by atoms with E-state index in [0.29, 0.717) is 27.4 Å². The van der Waals surface area contributed by atoms with Gasteiger partial charge in [0.25, 0.3) is 0 Å². The summed E-state index contributed by atoms with van der Waals surface area (Å²) in [7, 11) is 0. The second kappa shape index (κ2) is 6.50. The minimum absolute atomic E-state index is 0.170. The summed E-state index contributed by atoms with van der Waals surface area (Å²) in [5.74, 6) is -1.02. The smallest absolute Gasteiger partial charge is 0.347 e. The molecule has 0 saturated heterocycles. The van der Waals surface area contributed by atoms with E-state index in [2.05, 4.69) is 11.1 Å². The van der Waals surface area contributed by atoms with E-state index in [1.165, 1.54) is 0 Å². The summed E-state index contributed by atoms with van der Waals surface area (Å²) in [6.07, 6.45) is 0. The van der Waals surface area contributed by atoms with Gasteiger partial charge in [0, 0.05) is 11.1 Å². The molecule has 3 rings (SSSR count).